The van der Waals surface area contributed by atoms with E-state index in [1.165, 1.54) is 19.2 Å². The summed E-state index contributed by atoms with van der Waals surface area (Å²) in [5.74, 6) is 0.435. The second-order valence-electron chi connectivity index (χ2n) is 5.93. The molecule has 0 saturated carbocycles. The Bertz CT molecular complexity index is 853. The van der Waals surface area contributed by atoms with Crippen LogP contribution in [0.25, 0.3) is 0 Å². The number of aryl methyl sites for hydroxylation is 1. The van der Waals surface area contributed by atoms with Crippen molar-refractivity contribution >= 4 is 21.6 Å². The molecule has 2 aromatic rings. The molecule has 1 aliphatic rings. The van der Waals surface area contributed by atoms with Gasteiger partial charge in [-0.2, -0.15) is 0 Å². The number of imidazole rings is 1. The number of benzene rings is 1. The van der Waals surface area contributed by atoms with Gasteiger partial charge in [0.25, 0.3) is 0 Å². The Balaban J connectivity index is 1.78. The third kappa shape index (κ3) is 3.98. The van der Waals surface area contributed by atoms with Crippen LogP contribution in [0, 0.1) is 0 Å². The van der Waals surface area contributed by atoms with Crippen molar-refractivity contribution < 1.29 is 17.9 Å². The molecule has 1 saturated heterocycles. The number of ether oxygens (including phenoxy) is 2. The van der Waals surface area contributed by atoms with E-state index in [9.17, 15) is 8.42 Å². The molecule has 9 heteroatoms. The van der Waals surface area contributed by atoms with Crippen molar-refractivity contribution in [2.24, 2.45) is 7.05 Å². The molecule has 1 aromatic heterocycles. The lowest BCUT2D eigenvalue weighted by atomic mass is 10.0. The average molecular weight is 386 g/mol. The summed E-state index contributed by atoms with van der Waals surface area (Å²) < 4.78 is 41.0. The van der Waals surface area contributed by atoms with Gasteiger partial charge in [0, 0.05) is 25.8 Å². The van der Waals surface area contributed by atoms with Gasteiger partial charge in [0.1, 0.15) is 16.7 Å². The number of rotatable bonds is 5. The van der Waals surface area contributed by atoms with Gasteiger partial charge in [-0.3, -0.25) is 0 Å². The fourth-order valence-electron chi connectivity index (χ4n) is 2.89. The number of aromatic nitrogens is 2. The van der Waals surface area contributed by atoms with Gasteiger partial charge in [0.2, 0.25) is 10.0 Å². The molecule has 25 heavy (non-hydrogen) atoms. The molecule has 3 rings (SSSR count). The van der Waals surface area contributed by atoms with Crippen LogP contribution in [0.3, 0.4) is 0 Å². The quantitative estimate of drug-likeness (QED) is 0.853. The molecule has 0 amide bonds. The van der Waals surface area contributed by atoms with Crippen LogP contribution in [-0.2, 0) is 21.8 Å². The second-order valence-corrected chi connectivity index (χ2v) is 8.02. The summed E-state index contributed by atoms with van der Waals surface area (Å²) in [5.41, 5.74) is 0.920. The zero-order chi connectivity index (χ0) is 18.0. The van der Waals surface area contributed by atoms with Gasteiger partial charge in [-0.25, -0.2) is 18.1 Å². The Kier molecular flexibility index (Phi) is 5.33. The molecule has 1 fully saturated rings. The van der Waals surface area contributed by atoms with E-state index in [4.69, 9.17) is 21.1 Å². The molecule has 0 aliphatic carbocycles. The number of hydrogen-bond acceptors (Lipinski definition) is 5. The van der Waals surface area contributed by atoms with Gasteiger partial charge in [0.05, 0.1) is 30.4 Å². The molecule has 2 heterocycles. The van der Waals surface area contributed by atoms with Gasteiger partial charge < -0.3 is 14.0 Å². The Morgan fingerprint density at radius 3 is 2.92 bits per heavy atom. The number of sulfonamides is 1. The van der Waals surface area contributed by atoms with Crippen LogP contribution in [0.5, 0.6) is 5.75 Å². The summed E-state index contributed by atoms with van der Waals surface area (Å²) in [7, 11) is -0.405. The molecule has 1 N–H and O–H groups in total. The fourth-order valence-corrected chi connectivity index (χ4v) is 4.69. The number of hydrogen-bond donors (Lipinski definition) is 1. The summed E-state index contributed by atoms with van der Waals surface area (Å²) in [5, 5.41) is 0.156. The van der Waals surface area contributed by atoms with E-state index in [1.807, 2.05) is 11.6 Å². The minimum absolute atomic E-state index is 0.0112. The van der Waals surface area contributed by atoms with E-state index in [-0.39, 0.29) is 22.1 Å². The van der Waals surface area contributed by atoms with Gasteiger partial charge in [-0.15, -0.1) is 0 Å². The second kappa shape index (κ2) is 7.33. The van der Waals surface area contributed by atoms with Gasteiger partial charge >= 0.3 is 0 Å². The van der Waals surface area contributed by atoms with Crippen molar-refractivity contribution in [1.82, 2.24) is 14.3 Å². The highest BCUT2D eigenvalue weighted by molar-refractivity contribution is 7.89. The fraction of sp³-hybridized carbons (Fsp3) is 0.438. The highest BCUT2D eigenvalue weighted by Crippen LogP contribution is 2.30. The molecule has 7 nitrogen and oxygen atoms in total. The first-order chi connectivity index (χ1) is 11.9. The van der Waals surface area contributed by atoms with Crippen LogP contribution in [0.1, 0.15) is 24.6 Å². The van der Waals surface area contributed by atoms with Crippen molar-refractivity contribution in [3.63, 3.8) is 0 Å². The highest BCUT2D eigenvalue weighted by atomic mass is 35.5. The Labute approximate surface area is 152 Å². The molecule has 1 aromatic carbocycles. The first-order valence-corrected chi connectivity index (χ1v) is 9.70. The Morgan fingerprint density at radius 2 is 2.24 bits per heavy atom. The maximum atomic E-state index is 12.7. The lowest BCUT2D eigenvalue weighted by Crippen LogP contribution is -2.40. The van der Waals surface area contributed by atoms with Crippen LogP contribution in [0.15, 0.2) is 35.6 Å². The molecule has 1 aliphatic heterocycles. The molecule has 0 spiro atoms. The van der Waals surface area contributed by atoms with Crippen molar-refractivity contribution in [3.8, 4) is 5.75 Å². The third-order valence-corrected chi connectivity index (χ3v) is 6.22. The summed E-state index contributed by atoms with van der Waals surface area (Å²) in [4.78, 5) is 4.10. The topological polar surface area (TPSA) is 82.5 Å². The zero-order valence-corrected chi connectivity index (χ0v) is 15.5. The molecular formula is C16H20ClN3O4S. The van der Waals surface area contributed by atoms with Crippen LogP contribution in [-0.4, -0.2) is 37.7 Å². The number of methoxy groups -OCH3 is 1. The van der Waals surface area contributed by atoms with Crippen LogP contribution in [0.2, 0.25) is 5.02 Å². The van der Waals surface area contributed by atoms with Gasteiger partial charge in [-0.1, -0.05) is 11.6 Å². The lowest BCUT2D eigenvalue weighted by molar-refractivity contribution is -0.0000446. The third-order valence-electron chi connectivity index (χ3n) is 4.22. The van der Waals surface area contributed by atoms with Crippen molar-refractivity contribution in [3.05, 3.63) is 41.4 Å². The summed E-state index contributed by atoms with van der Waals surface area (Å²) in [6.45, 7) is 0.467. The molecule has 0 radical (unpaired) electrons. The maximum absolute atomic E-state index is 12.7. The molecular weight excluding hydrogens is 366 g/mol. The number of nitrogens with zero attached hydrogens (tertiary/aromatic N) is 2. The molecule has 0 bridgehead atoms. The van der Waals surface area contributed by atoms with E-state index in [0.717, 1.165) is 5.69 Å². The monoisotopic (exact) mass is 385 g/mol. The van der Waals surface area contributed by atoms with Crippen LogP contribution >= 0.6 is 11.6 Å². The summed E-state index contributed by atoms with van der Waals surface area (Å²) in [6, 6.07) is 4.30. The summed E-state index contributed by atoms with van der Waals surface area (Å²) in [6.07, 6.45) is 4.35. The first kappa shape index (κ1) is 18.2. The van der Waals surface area contributed by atoms with Crippen LogP contribution < -0.4 is 9.46 Å². The standard InChI is InChI=1S/C16H20ClN3O4S/c1-20-10-18-9-14(20)15-7-11(5-6-24-15)19-25(21,22)16-8-12(23-2)3-4-13(16)17/h3-4,8-11,15,19H,5-7H2,1-2H3. The van der Waals surface area contributed by atoms with E-state index in [1.54, 1.807) is 18.6 Å². The Hall–Kier alpha value is -1.61. The SMILES string of the molecule is COc1ccc(Cl)c(S(=O)(=O)NC2CCOC(c3cncn3C)C2)c1. The highest BCUT2D eigenvalue weighted by Gasteiger charge is 2.30. The van der Waals surface area contributed by atoms with E-state index >= 15 is 0 Å². The largest absolute Gasteiger partial charge is 0.497 e. The van der Waals surface area contributed by atoms with Gasteiger partial charge in [0.15, 0.2) is 0 Å². The maximum Gasteiger partial charge on any atom is 0.242 e. The van der Waals surface area contributed by atoms with E-state index < -0.39 is 10.0 Å². The normalized spacial score (nSPS) is 21.2. The number of halogens is 1. The predicted molar refractivity (Wildman–Crippen MR) is 93.2 cm³/mol. The van der Waals surface area contributed by atoms with Gasteiger partial charge in [-0.05, 0) is 25.0 Å². The minimum Gasteiger partial charge on any atom is -0.497 e. The average Bonchev–Trinajstić information content (AvgIpc) is 3.01. The smallest absolute Gasteiger partial charge is 0.242 e. The van der Waals surface area contributed by atoms with Crippen molar-refractivity contribution in [2.45, 2.75) is 29.9 Å². The van der Waals surface area contributed by atoms with E-state index in [2.05, 4.69) is 9.71 Å². The number of nitrogens with one attached hydrogen (secondary N) is 1. The van der Waals surface area contributed by atoms with E-state index in [0.29, 0.717) is 25.2 Å². The molecule has 2 atom stereocenters. The van der Waals surface area contributed by atoms with Crippen molar-refractivity contribution in [1.29, 1.82) is 0 Å². The molecule has 2 unspecified atom stereocenters. The first-order valence-electron chi connectivity index (χ1n) is 7.84. The van der Waals surface area contributed by atoms with Crippen molar-refractivity contribution in [2.75, 3.05) is 13.7 Å². The summed E-state index contributed by atoms with van der Waals surface area (Å²) >= 11 is 6.08. The minimum atomic E-state index is -3.77. The molecule has 136 valence electrons. The van der Waals surface area contributed by atoms with Crippen LogP contribution in [0.4, 0.5) is 0 Å². The lowest BCUT2D eigenvalue weighted by Gasteiger charge is -2.30. The zero-order valence-electron chi connectivity index (χ0n) is 14.0. The Morgan fingerprint density at radius 1 is 1.44 bits per heavy atom. The predicted octanol–water partition coefficient (Wildman–Crippen LogP) is 2.28.